The van der Waals surface area contributed by atoms with Crippen LogP contribution in [0.3, 0.4) is 0 Å². The molecule has 0 fully saturated rings. The minimum atomic E-state index is -4.16. The summed E-state index contributed by atoms with van der Waals surface area (Å²) in [6, 6.07) is 0. The summed E-state index contributed by atoms with van der Waals surface area (Å²) in [5.41, 5.74) is 7.55. The monoisotopic (exact) mass is 1680 g/mol. The molecule has 42 heteroatoms. The summed E-state index contributed by atoms with van der Waals surface area (Å²) in [4.78, 5) is 135. The number of primary amides is 2. The van der Waals surface area contributed by atoms with E-state index < -0.39 is 77.4 Å². The molecule has 0 rings (SSSR count). The van der Waals surface area contributed by atoms with Gasteiger partial charge in [-0.05, 0) is 122 Å². The van der Waals surface area contributed by atoms with Crippen LogP contribution in [0.2, 0.25) is 0 Å². The van der Waals surface area contributed by atoms with Crippen LogP contribution in [0.15, 0.2) is 19.6 Å². The number of nitrogens with two attached hydrogens (primary N) is 2. The van der Waals surface area contributed by atoms with Gasteiger partial charge in [-0.2, -0.15) is 0 Å². The largest absolute Gasteiger partial charge is 0.477 e. The minimum absolute atomic E-state index is 0.0637. The molecule has 106 heavy (non-hydrogen) atoms. The molecule has 0 aromatic carbocycles. The fourth-order valence-corrected chi connectivity index (χ4v) is 16.1. The lowest BCUT2D eigenvalue weighted by Crippen LogP contribution is -2.19. The van der Waals surface area contributed by atoms with Gasteiger partial charge >= 0.3 is 43.2 Å². The second kappa shape index (κ2) is 57.6. The molecule has 10 N–H and O–H groups in total. The van der Waals surface area contributed by atoms with Gasteiger partial charge in [-0.1, -0.05) is 38.5 Å². The third kappa shape index (κ3) is 67.3. The Morgan fingerprint density at radius 2 is 0.481 bits per heavy atom. The summed E-state index contributed by atoms with van der Waals surface area (Å²) in [7, 11) is -16.5. The van der Waals surface area contributed by atoms with Crippen LogP contribution in [0, 0.1) is 0 Å². The topological polar surface area (TPSA) is 507 Å². The SMILES string of the molecule is CC(C)(C)OP(=O)(O)OCCCCCCCC(=O)CS/C(C(=O)O)=C(\SCC(=O)CCCOCCOCCOCCOP(=O)(O)OC(C)(C)C)C(N)=O.CC(C)(C)OP(=O)(O)OCCCCCCCC(=O)CS/C(C(N)=O)=C(\SCC(=O)CCCOCCOCCOCCOP(=O)(O)OC(C)(C)C)C(=O)O. The molecule has 4 atom stereocenters. The molecule has 0 aliphatic carbocycles. The molecule has 0 saturated carbocycles. The molecule has 0 heterocycles. The maximum Gasteiger partial charge on any atom is 0.472 e. The number of unbranched alkanes of at least 4 members (excludes halogenated alkanes) is 8. The van der Waals surface area contributed by atoms with Crippen LogP contribution in [0.4, 0.5) is 0 Å². The average Bonchev–Trinajstić information content (AvgIpc) is 0.924. The van der Waals surface area contributed by atoms with Gasteiger partial charge < -0.3 is 69.7 Å². The highest BCUT2D eigenvalue weighted by atomic mass is 32.2. The molecule has 0 aromatic rings. The van der Waals surface area contributed by atoms with E-state index in [0.717, 1.165) is 62.0 Å². The van der Waals surface area contributed by atoms with E-state index in [2.05, 4.69) is 0 Å². The van der Waals surface area contributed by atoms with E-state index in [-0.39, 0.29) is 197 Å². The first-order valence-electron chi connectivity index (χ1n) is 34.4. The van der Waals surface area contributed by atoms with Gasteiger partial charge in [-0.25, -0.2) is 27.8 Å². The molecule has 4 unspecified atom stereocenters. The average molecular weight is 1680 g/mol. The predicted molar refractivity (Wildman–Crippen MR) is 403 cm³/mol. The van der Waals surface area contributed by atoms with Crippen LogP contribution >= 0.6 is 78.3 Å². The number of rotatable bonds is 66. The summed E-state index contributed by atoms with van der Waals surface area (Å²) in [5, 5.41) is 19.3. The summed E-state index contributed by atoms with van der Waals surface area (Å²) >= 11 is 2.84. The summed E-state index contributed by atoms with van der Waals surface area (Å²) in [6.45, 7) is 22.4. The van der Waals surface area contributed by atoms with Crippen molar-refractivity contribution in [2.75, 3.05) is 129 Å². The number of carboxylic acids is 2. The quantitative estimate of drug-likeness (QED) is 0.0159. The van der Waals surface area contributed by atoms with Crippen LogP contribution in [0.5, 0.6) is 0 Å². The smallest absolute Gasteiger partial charge is 0.472 e. The number of carbonyl (C=O) groups is 8. The maximum atomic E-state index is 12.4. The second-order valence-electron chi connectivity index (χ2n) is 26.9. The highest BCUT2D eigenvalue weighted by molar-refractivity contribution is 8.09. The highest BCUT2D eigenvalue weighted by Gasteiger charge is 2.32. The van der Waals surface area contributed by atoms with Crippen LogP contribution < -0.4 is 11.5 Å². The summed E-state index contributed by atoms with van der Waals surface area (Å²) in [5.74, 6) is -6.44. The Kier molecular flexibility index (Phi) is 57.5. The predicted octanol–water partition coefficient (Wildman–Crippen LogP) is 10.8. The van der Waals surface area contributed by atoms with Crippen molar-refractivity contribution in [3.8, 4) is 0 Å². The molecule has 0 aromatic heterocycles. The number of carbonyl (C=O) groups excluding carboxylic acids is 6. The van der Waals surface area contributed by atoms with Gasteiger partial charge in [-0.15, -0.1) is 47.0 Å². The molecule has 620 valence electrons. The zero-order valence-electron chi connectivity index (χ0n) is 63.3. The number of amides is 2. The molecule has 0 aliphatic rings. The molecule has 0 saturated heterocycles. The maximum absolute atomic E-state index is 12.4. The number of phosphoric acid groups is 4. The number of phosphoric ester groups is 4. The molecule has 0 aliphatic heterocycles. The molecule has 0 radical (unpaired) electrons. The number of carboxylic acid groups (broad SMARTS) is 2. The van der Waals surface area contributed by atoms with Crippen molar-refractivity contribution in [2.24, 2.45) is 11.5 Å². The number of ether oxygens (including phenoxy) is 6. The van der Waals surface area contributed by atoms with Crippen molar-refractivity contribution in [3.05, 3.63) is 19.6 Å². The highest BCUT2D eigenvalue weighted by Crippen LogP contribution is 2.50. The third-order valence-electron chi connectivity index (χ3n) is 12.0. The molecule has 34 nitrogen and oxygen atoms in total. The summed E-state index contributed by atoms with van der Waals surface area (Å²) < 4.78 is 119. The lowest BCUT2D eigenvalue weighted by Gasteiger charge is -2.22. The van der Waals surface area contributed by atoms with E-state index in [0.29, 0.717) is 62.0 Å². The second-order valence-corrected chi connectivity index (χ2v) is 36.4. The zero-order chi connectivity index (χ0) is 81.1. The number of hydrogen-bond acceptors (Lipinski definition) is 30. The first-order valence-corrected chi connectivity index (χ1v) is 44.3. The van der Waals surface area contributed by atoms with Gasteiger partial charge in [0, 0.05) is 38.9 Å². The lowest BCUT2D eigenvalue weighted by atomic mass is 10.1. The van der Waals surface area contributed by atoms with Crippen molar-refractivity contribution < 1.29 is 151 Å². The van der Waals surface area contributed by atoms with Crippen LogP contribution in [0.1, 0.15) is 186 Å². The van der Waals surface area contributed by atoms with Crippen molar-refractivity contribution in [1.29, 1.82) is 0 Å². The van der Waals surface area contributed by atoms with Gasteiger partial charge in [0.1, 0.15) is 32.9 Å². The van der Waals surface area contributed by atoms with E-state index in [1.54, 1.807) is 83.1 Å². The molecular formula is C64H118N2O32P4S4. The van der Waals surface area contributed by atoms with Crippen LogP contribution in [-0.2, 0) is 121 Å². The molecule has 2 amide bonds. The van der Waals surface area contributed by atoms with E-state index in [9.17, 15) is 86.4 Å². The standard InChI is InChI=1S/2C32H59NO16P2S2/c1-31(2,3)48-50(39,40)46-16-11-9-7-8-10-13-25(34)24-53-28(30(37)38)27(29(33)36)52-23-26(35)14-12-15-43-17-18-44-19-20-45-21-22-47-51(41,42)49-32(4,5)6;1-31(2,3)48-50(39,40)46-16-11-9-7-8-10-13-25(34)23-52-27(29(33)36)28(30(37)38)53-24-26(35)14-12-15-43-17-18-44-19-20-45-21-22-47-51(41,42)49-32(4,5)6/h2*7-24H2,1-6H3,(H2,33,36)(H,37,38)(H,39,40)(H,41,42)/b2*28-27-. The van der Waals surface area contributed by atoms with Gasteiger partial charge in [0.2, 0.25) is 0 Å². The normalized spacial score (nSPS) is 15.0. The van der Waals surface area contributed by atoms with Gasteiger partial charge in [0.05, 0.1) is 148 Å². The summed E-state index contributed by atoms with van der Waals surface area (Å²) in [6.07, 6.45) is 8.12. The number of thioether (sulfide) groups is 4. The van der Waals surface area contributed by atoms with Crippen molar-refractivity contribution in [1.82, 2.24) is 0 Å². The number of ketones is 4. The third-order valence-corrected chi connectivity index (χ3v) is 22.0. The number of hydrogen-bond donors (Lipinski definition) is 8. The van der Waals surface area contributed by atoms with Gasteiger partial charge in [-0.3, -0.25) is 65.0 Å². The Bertz CT molecular complexity index is 2690. The Hall–Kier alpha value is -2.36. The van der Waals surface area contributed by atoms with E-state index in [4.69, 9.17) is 76.1 Å². The van der Waals surface area contributed by atoms with Gasteiger partial charge in [0.15, 0.2) is 0 Å². The zero-order valence-corrected chi connectivity index (χ0v) is 70.2. The molecule has 0 bridgehead atoms. The van der Waals surface area contributed by atoms with Crippen molar-refractivity contribution >= 4 is 125 Å². The Morgan fingerprint density at radius 1 is 0.283 bits per heavy atom. The minimum Gasteiger partial charge on any atom is -0.477 e. The van der Waals surface area contributed by atoms with Crippen molar-refractivity contribution in [3.63, 3.8) is 0 Å². The fourth-order valence-electron chi connectivity index (χ4n) is 7.85. The van der Waals surface area contributed by atoms with Crippen molar-refractivity contribution in [2.45, 2.75) is 208 Å². The number of Topliss-reactive ketones (excluding diaryl/α,β-unsaturated/α-hetero) is 4. The van der Waals surface area contributed by atoms with Crippen LogP contribution in [-0.4, -0.2) is 228 Å². The Morgan fingerprint density at radius 3 is 0.717 bits per heavy atom. The lowest BCUT2D eigenvalue weighted by molar-refractivity contribution is -0.133. The van der Waals surface area contributed by atoms with E-state index in [1.165, 1.54) is 0 Å². The number of aliphatic carboxylic acids is 2. The van der Waals surface area contributed by atoms with E-state index in [1.807, 2.05) is 0 Å². The van der Waals surface area contributed by atoms with Gasteiger partial charge in [0.25, 0.3) is 11.8 Å². The molecular weight excluding hydrogens is 1560 g/mol. The molecule has 0 spiro atoms. The fraction of sp³-hybridized carbons (Fsp3) is 0.812. The van der Waals surface area contributed by atoms with E-state index >= 15 is 0 Å². The van der Waals surface area contributed by atoms with Crippen LogP contribution in [0.25, 0.3) is 0 Å². The Balaban J connectivity index is 0. The first kappa shape index (κ1) is 106. The first-order chi connectivity index (χ1) is 49.1. The Labute approximate surface area is 640 Å².